The molecule has 0 fully saturated rings. The molecule has 3 nitrogen and oxygen atoms in total. The van der Waals surface area contributed by atoms with E-state index in [1.165, 1.54) is 12.7 Å². The third kappa shape index (κ3) is 3.57. The third-order valence-electron chi connectivity index (χ3n) is 3.48. The van der Waals surface area contributed by atoms with E-state index in [9.17, 15) is 4.79 Å². The second kappa shape index (κ2) is 6.71. The van der Waals surface area contributed by atoms with E-state index >= 15 is 0 Å². The number of rotatable bonds is 6. The number of carbonyl (C=O) groups is 1. The molecule has 1 aromatic rings. The van der Waals surface area contributed by atoms with Crippen molar-refractivity contribution in [1.82, 2.24) is 5.32 Å². The van der Waals surface area contributed by atoms with Crippen LogP contribution in [0.2, 0.25) is 0 Å². The Morgan fingerprint density at radius 1 is 1.32 bits per heavy atom. The molecule has 0 aliphatic rings. The summed E-state index contributed by atoms with van der Waals surface area (Å²) in [4.78, 5) is 12.1. The van der Waals surface area contributed by atoms with E-state index in [0.717, 1.165) is 18.5 Å². The van der Waals surface area contributed by atoms with Crippen LogP contribution in [0, 0.1) is 0 Å². The fourth-order valence-corrected chi connectivity index (χ4v) is 2.07. The standard InChI is InChI=1S/C16H25NO2/c1-6-11-17-16(4,15(18)19-5)14-9-7-13(8-10-14)12(2)3/h7-10,12,17H,6,11H2,1-5H3. The van der Waals surface area contributed by atoms with Crippen LogP contribution in [0.15, 0.2) is 24.3 Å². The molecule has 0 aromatic heterocycles. The van der Waals surface area contributed by atoms with Crippen LogP contribution in [0.3, 0.4) is 0 Å². The Morgan fingerprint density at radius 2 is 1.89 bits per heavy atom. The number of nitrogens with one attached hydrogen (secondary N) is 1. The second-order valence-electron chi connectivity index (χ2n) is 5.32. The summed E-state index contributed by atoms with van der Waals surface area (Å²) in [6.45, 7) is 9.04. The molecule has 1 aromatic carbocycles. The maximum absolute atomic E-state index is 12.1. The molecule has 1 atom stereocenters. The molecule has 19 heavy (non-hydrogen) atoms. The Hall–Kier alpha value is -1.35. The lowest BCUT2D eigenvalue weighted by molar-refractivity contribution is -0.148. The summed E-state index contributed by atoms with van der Waals surface area (Å²) in [7, 11) is 1.43. The van der Waals surface area contributed by atoms with Gasteiger partial charge < -0.3 is 4.74 Å². The van der Waals surface area contributed by atoms with Crippen LogP contribution >= 0.6 is 0 Å². The number of hydrogen-bond acceptors (Lipinski definition) is 3. The Labute approximate surface area is 116 Å². The Balaban J connectivity index is 3.06. The van der Waals surface area contributed by atoms with Crippen molar-refractivity contribution < 1.29 is 9.53 Å². The molecule has 1 rings (SSSR count). The van der Waals surface area contributed by atoms with Crippen molar-refractivity contribution in [2.75, 3.05) is 13.7 Å². The fourth-order valence-electron chi connectivity index (χ4n) is 2.07. The van der Waals surface area contributed by atoms with Crippen molar-refractivity contribution in [2.45, 2.75) is 45.6 Å². The number of methoxy groups -OCH3 is 1. The summed E-state index contributed by atoms with van der Waals surface area (Å²) in [6, 6.07) is 8.17. The highest BCUT2D eigenvalue weighted by Crippen LogP contribution is 2.24. The van der Waals surface area contributed by atoms with Crippen LogP contribution in [0.1, 0.15) is 51.2 Å². The van der Waals surface area contributed by atoms with Crippen molar-refractivity contribution >= 4 is 5.97 Å². The van der Waals surface area contributed by atoms with Gasteiger partial charge in [0.25, 0.3) is 0 Å². The number of hydrogen-bond donors (Lipinski definition) is 1. The predicted octanol–water partition coefficient (Wildman–Crippen LogP) is 3.20. The molecule has 0 saturated carbocycles. The van der Waals surface area contributed by atoms with Gasteiger partial charge in [-0.25, -0.2) is 4.79 Å². The third-order valence-corrected chi connectivity index (χ3v) is 3.48. The largest absolute Gasteiger partial charge is 0.467 e. The van der Waals surface area contributed by atoms with E-state index in [2.05, 4.69) is 38.2 Å². The normalized spacial score (nSPS) is 14.2. The average molecular weight is 263 g/mol. The molecule has 0 bridgehead atoms. The van der Waals surface area contributed by atoms with Gasteiger partial charge in [0.15, 0.2) is 0 Å². The first-order valence-corrected chi connectivity index (χ1v) is 6.89. The number of carbonyl (C=O) groups excluding carboxylic acids is 1. The highest BCUT2D eigenvalue weighted by atomic mass is 16.5. The van der Waals surface area contributed by atoms with Crippen molar-refractivity contribution in [2.24, 2.45) is 0 Å². The molecule has 0 amide bonds. The molecule has 106 valence electrons. The van der Waals surface area contributed by atoms with E-state index in [0.29, 0.717) is 5.92 Å². The molecule has 1 N–H and O–H groups in total. The number of benzene rings is 1. The summed E-state index contributed by atoms with van der Waals surface area (Å²) in [5, 5.41) is 3.29. The van der Waals surface area contributed by atoms with Crippen molar-refractivity contribution in [1.29, 1.82) is 0 Å². The van der Waals surface area contributed by atoms with Gasteiger partial charge in [-0.2, -0.15) is 0 Å². The summed E-state index contributed by atoms with van der Waals surface area (Å²) >= 11 is 0. The Kier molecular flexibility index (Phi) is 5.55. The average Bonchev–Trinajstić information content (AvgIpc) is 2.43. The summed E-state index contributed by atoms with van der Waals surface area (Å²) in [5.41, 5.74) is 1.43. The highest BCUT2D eigenvalue weighted by Gasteiger charge is 2.35. The minimum atomic E-state index is -0.778. The van der Waals surface area contributed by atoms with Gasteiger partial charge in [-0.3, -0.25) is 5.32 Å². The highest BCUT2D eigenvalue weighted by molar-refractivity contribution is 5.82. The van der Waals surface area contributed by atoms with Crippen molar-refractivity contribution in [3.05, 3.63) is 35.4 Å². The molecule has 3 heteroatoms. The van der Waals surface area contributed by atoms with Gasteiger partial charge in [0, 0.05) is 0 Å². The zero-order valence-electron chi connectivity index (χ0n) is 12.6. The van der Waals surface area contributed by atoms with E-state index in [-0.39, 0.29) is 5.97 Å². The van der Waals surface area contributed by atoms with Gasteiger partial charge in [0.2, 0.25) is 0 Å². The molecule has 0 heterocycles. The van der Waals surface area contributed by atoms with Crippen LogP contribution in [-0.2, 0) is 15.1 Å². The van der Waals surface area contributed by atoms with Crippen LogP contribution in [-0.4, -0.2) is 19.6 Å². The van der Waals surface area contributed by atoms with Crippen LogP contribution < -0.4 is 5.32 Å². The maximum Gasteiger partial charge on any atom is 0.330 e. The van der Waals surface area contributed by atoms with Gasteiger partial charge in [0.1, 0.15) is 5.54 Å². The smallest absolute Gasteiger partial charge is 0.330 e. The van der Waals surface area contributed by atoms with E-state index in [4.69, 9.17) is 4.74 Å². The number of esters is 1. The van der Waals surface area contributed by atoms with Crippen molar-refractivity contribution in [3.63, 3.8) is 0 Å². The first-order valence-electron chi connectivity index (χ1n) is 6.89. The molecule has 0 spiro atoms. The summed E-state index contributed by atoms with van der Waals surface area (Å²) in [6.07, 6.45) is 0.969. The lowest BCUT2D eigenvalue weighted by Crippen LogP contribution is -2.47. The number of ether oxygens (including phenoxy) is 1. The van der Waals surface area contributed by atoms with Gasteiger partial charge >= 0.3 is 5.97 Å². The summed E-state index contributed by atoms with van der Waals surface area (Å²) in [5.74, 6) is 0.236. The topological polar surface area (TPSA) is 38.3 Å². The molecular formula is C16H25NO2. The lowest BCUT2D eigenvalue weighted by Gasteiger charge is -2.28. The first kappa shape index (κ1) is 15.7. The Morgan fingerprint density at radius 3 is 2.32 bits per heavy atom. The second-order valence-corrected chi connectivity index (χ2v) is 5.32. The zero-order valence-corrected chi connectivity index (χ0v) is 12.6. The van der Waals surface area contributed by atoms with E-state index in [1.54, 1.807) is 0 Å². The first-order chi connectivity index (χ1) is 8.95. The quantitative estimate of drug-likeness (QED) is 0.801. The minimum absolute atomic E-state index is 0.252. The molecule has 0 radical (unpaired) electrons. The maximum atomic E-state index is 12.1. The minimum Gasteiger partial charge on any atom is -0.467 e. The van der Waals surface area contributed by atoms with Gasteiger partial charge in [-0.1, -0.05) is 45.0 Å². The molecular weight excluding hydrogens is 238 g/mol. The fraction of sp³-hybridized carbons (Fsp3) is 0.562. The zero-order chi connectivity index (χ0) is 14.5. The van der Waals surface area contributed by atoms with Crippen LogP contribution in [0.4, 0.5) is 0 Å². The van der Waals surface area contributed by atoms with E-state index in [1.807, 2.05) is 19.1 Å². The van der Waals surface area contributed by atoms with Crippen molar-refractivity contribution in [3.8, 4) is 0 Å². The summed E-state index contributed by atoms with van der Waals surface area (Å²) < 4.78 is 4.94. The van der Waals surface area contributed by atoms with Crippen LogP contribution in [0.5, 0.6) is 0 Å². The van der Waals surface area contributed by atoms with Gasteiger partial charge in [0.05, 0.1) is 7.11 Å². The Bertz CT molecular complexity index is 411. The van der Waals surface area contributed by atoms with Crippen LogP contribution in [0.25, 0.3) is 0 Å². The SMILES string of the molecule is CCCNC(C)(C(=O)OC)c1ccc(C(C)C)cc1. The predicted molar refractivity (Wildman–Crippen MR) is 78.2 cm³/mol. The molecule has 0 aliphatic heterocycles. The molecule has 1 unspecified atom stereocenters. The van der Waals surface area contributed by atoms with Gasteiger partial charge in [-0.05, 0) is 36.9 Å². The van der Waals surface area contributed by atoms with E-state index < -0.39 is 5.54 Å². The molecule has 0 aliphatic carbocycles. The monoisotopic (exact) mass is 263 g/mol. The lowest BCUT2D eigenvalue weighted by atomic mass is 9.89. The molecule has 0 saturated heterocycles. The van der Waals surface area contributed by atoms with Gasteiger partial charge in [-0.15, -0.1) is 0 Å².